The van der Waals surface area contributed by atoms with Gasteiger partial charge < -0.3 is 5.32 Å². The van der Waals surface area contributed by atoms with Crippen LogP contribution in [0.1, 0.15) is 9.67 Å². The highest BCUT2D eigenvalue weighted by Crippen LogP contribution is 2.29. The lowest BCUT2D eigenvalue weighted by atomic mass is 10.3. The van der Waals surface area contributed by atoms with E-state index in [1.807, 2.05) is 17.5 Å². The molecule has 1 amide bonds. The number of nitrogens with one attached hydrogen (secondary N) is 1. The van der Waals surface area contributed by atoms with Gasteiger partial charge in [0.1, 0.15) is 15.7 Å². The van der Waals surface area contributed by atoms with E-state index in [-0.39, 0.29) is 10.9 Å². The lowest BCUT2D eigenvalue weighted by molar-refractivity contribution is 0.103. The van der Waals surface area contributed by atoms with Crippen LogP contribution in [0.5, 0.6) is 0 Å². The van der Waals surface area contributed by atoms with Crippen molar-refractivity contribution in [1.82, 2.24) is 4.98 Å². The fraction of sp³-hybridized carbons (Fsp3) is 0. The highest BCUT2D eigenvalue weighted by Gasteiger charge is 2.13. The number of rotatable bonds is 3. The van der Waals surface area contributed by atoms with Crippen molar-refractivity contribution in [2.24, 2.45) is 0 Å². The van der Waals surface area contributed by atoms with Gasteiger partial charge in [-0.3, -0.25) is 4.79 Å². The maximum atomic E-state index is 13.3. The van der Waals surface area contributed by atoms with Crippen LogP contribution in [0, 0.1) is 5.82 Å². The maximum Gasteiger partial charge on any atom is 0.267 e. The minimum absolute atomic E-state index is 0.0192. The Kier molecular flexibility index (Phi) is 4.01. The molecule has 0 aliphatic carbocycles. The molecule has 3 aromatic rings. The van der Waals surface area contributed by atoms with E-state index in [2.05, 4.69) is 10.3 Å². The van der Waals surface area contributed by atoms with Crippen LogP contribution in [0.4, 0.5) is 10.1 Å². The van der Waals surface area contributed by atoms with Crippen LogP contribution in [0.15, 0.2) is 41.9 Å². The Balaban J connectivity index is 1.78. The Labute approximate surface area is 133 Å². The molecule has 3 nitrogen and oxygen atoms in total. The number of aromatic nitrogens is 1. The quantitative estimate of drug-likeness (QED) is 0.736. The van der Waals surface area contributed by atoms with Crippen molar-refractivity contribution >= 4 is 45.9 Å². The number of thiophene rings is 1. The van der Waals surface area contributed by atoms with Gasteiger partial charge in [0.25, 0.3) is 5.91 Å². The first kappa shape index (κ1) is 14.2. The van der Waals surface area contributed by atoms with E-state index in [4.69, 9.17) is 11.6 Å². The topological polar surface area (TPSA) is 42.0 Å². The standard InChI is InChI=1S/C14H8ClFN2OS2/c15-9-4-3-8(6-10(9)16)18-13(19)12-7-17-14(21-12)11-2-1-5-20-11/h1-7H,(H,18,19). The molecule has 21 heavy (non-hydrogen) atoms. The van der Waals surface area contributed by atoms with Crippen LogP contribution in [-0.4, -0.2) is 10.9 Å². The monoisotopic (exact) mass is 338 g/mol. The first-order chi connectivity index (χ1) is 10.1. The number of hydrogen-bond acceptors (Lipinski definition) is 4. The molecule has 0 saturated heterocycles. The van der Waals surface area contributed by atoms with E-state index in [0.29, 0.717) is 10.6 Å². The third-order valence-corrected chi connectivity index (χ3v) is 4.98. The summed E-state index contributed by atoms with van der Waals surface area (Å²) in [5.74, 6) is -0.893. The molecule has 0 aliphatic rings. The highest BCUT2D eigenvalue weighted by atomic mass is 35.5. The molecule has 1 aromatic carbocycles. The molecule has 0 radical (unpaired) electrons. The van der Waals surface area contributed by atoms with Crippen molar-refractivity contribution in [3.8, 4) is 9.88 Å². The fourth-order valence-corrected chi connectivity index (χ4v) is 3.39. The number of hydrogen-bond donors (Lipinski definition) is 1. The van der Waals surface area contributed by atoms with Gasteiger partial charge in [-0.05, 0) is 29.6 Å². The van der Waals surface area contributed by atoms with Crippen molar-refractivity contribution in [2.45, 2.75) is 0 Å². The summed E-state index contributed by atoms with van der Waals surface area (Å²) in [6.45, 7) is 0. The van der Waals surface area contributed by atoms with Gasteiger partial charge >= 0.3 is 0 Å². The Hall–Kier alpha value is -1.76. The van der Waals surface area contributed by atoms with Crippen LogP contribution in [-0.2, 0) is 0 Å². The number of amides is 1. The Morgan fingerprint density at radius 3 is 2.90 bits per heavy atom. The second-order valence-electron chi connectivity index (χ2n) is 4.09. The fourth-order valence-electron chi connectivity index (χ4n) is 1.66. The molecule has 3 rings (SSSR count). The average Bonchev–Trinajstić information content (AvgIpc) is 3.12. The van der Waals surface area contributed by atoms with Crippen LogP contribution in [0.2, 0.25) is 5.02 Å². The van der Waals surface area contributed by atoms with E-state index in [1.165, 1.54) is 29.7 Å². The van der Waals surface area contributed by atoms with Crippen molar-refractivity contribution < 1.29 is 9.18 Å². The molecule has 2 heterocycles. The molecule has 2 aromatic heterocycles. The van der Waals surface area contributed by atoms with E-state index in [9.17, 15) is 9.18 Å². The zero-order valence-corrected chi connectivity index (χ0v) is 12.9. The van der Waals surface area contributed by atoms with Crippen molar-refractivity contribution in [3.63, 3.8) is 0 Å². The van der Waals surface area contributed by atoms with Gasteiger partial charge in [-0.2, -0.15) is 0 Å². The number of nitrogens with zero attached hydrogens (tertiary/aromatic N) is 1. The predicted octanol–water partition coefficient (Wildman–Crippen LogP) is 4.92. The minimum Gasteiger partial charge on any atom is -0.321 e. The first-order valence-electron chi connectivity index (χ1n) is 5.89. The summed E-state index contributed by atoms with van der Waals surface area (Å²) in [5.41, 5.74) is 0.355. The lowest BCUT2D eigenvalue weighted by Crippen LogP contribution is -2.10. The third kappa shape index (κ3) is 3.12. The minimum atomic E-state index is -0.571. The van der Waals surface area contributed by atoms with Crippen LogP contribution in [0.3, 0.4) is 0 Å². The Morgan fingerprint density at radius 2 is 2.19 bits per heavy atom. The summed E-state index contributed by atoms with van der Waals surface area (Å²) in [6.07, 6.45) is 1.52. The summed E-state index contributed by atoms with van der Waals surface area (Å²) in [6, 6.07) is 8.00. The number of halogens is 2. The molecule has 0 saturated carbocycles. The second-order valence-corrected chi connectivity index (χ2v) is 6.48. The molecule has 0 fully saturated rings. The Morgan fingerprint density at radius 1 is 1.33 bits per heavy atom. The van der Waals surface area contributed by atoms with E-state index < -0.39 is 5.82 Å². The zero-order chi connectivity index (χ0) is 14.8. The average molecular weight is 339 g/mol. The molecule has 0 unspecified atom stereocenters. The third-order valence-electron chi connectivity index (χ3n) is 2.64. The number of thiazole rings is 1. The summed E-state index contributed by atoms with van der Waals surface area (Å²) < 4.78 is 13.3. The molecule has 7 heteroatoms. The molecular formula is C14H8ClFN2OS2. The summed E-state index contributed by atoms with van der Waals surface area (Å²) in [4.78, 5) is 17.8. The summed E-state index contributed by atoms with van der Waals surface area (Å²) in [5, 5.41) is 5.38. The summed E-state index contributed by atoms with van der Waals surface area (Å²) in [7, 11) is 0. The van der Waals surface area contributed by atoms with Gasteiger partial charge in [-0.15, -0.1) is 22.7 Å². The predicted molar refractivity (Wildman–Crippen MR) is 84.8 cm³/mol. The van der Waals surface area contributed by atoms with Gasteiger partial charge in [0.05, 0.1) is 16.1 Å². The summed E-state index contributed by atoms with van der Waals surface area (Å²) >= 11 is 8.45. The number of carbonyl (C=O) groups excluding carboxylic acids is 1. The SMILES string of the molecule is O=C(Nc1ccc(Cl)c(F)c1)c1cnc(-c2cccs2)s1. The normalized spacial score (nSPS) is 10.6. The number of benzene rings is 1. The van der Waals surface area contributed by atoms with Crippen molar-refractivity contribution in [1.29, 1.82) is 0 Å². The van der Waals surface area contributed by atoms with Crippen molar-refractivity contribution in [3.05, 3.63) is 57.6 Å². The molecule has 0 atom stereocenters. The van der Waals surface area contributed by atoms with E-state index in [0.717, 1.165) is 9.88 Å². The smallest absolute Gasteiger partial charge is 0.267 e. The maximum absolute atomic E-state index is 13.3. The van der Waals surface area contributed by atoms with E-state index >= 15 is 0 Å². The molecule has 1 N–H and O–H groups in total. The largest absolute Gasteiger partial charge is 0.321 e. The molecular weight excluding hydrogens is 331 g/mol. The van der Waals surface area contributed by atoms with Crippen LogP contribution >= 0.6 is 34.3 Å². The highest BCUT2D eigenvalue weighted by molar-refractivity contribution is 7.22. The van der Waals surface area contributed by atoms with Crippen LogP contribution in [0.25, 0.3) is 9.88 Å². The zero-order valence-electron chi connectivity index (χ0n) is 10.5. The molecule has 0 aliphatic heterocycles. The van der Waals surface area contributed by atoms with Gasteiger partial charge in [0.15, 0.2) is 0 Å². The Bertz CT molecular complexity index is 786. The van der Waals surface area contributed by atoms with Crippen molar-refractivity contribution in [2.75, 3.05) is 5.32 Å². The molecule has 0 spiro atoms. The number of anilines is 1. The van der Waals surface area contributed by atoms with Gasteiger partial charge in [-0.25, -0.2) is 9.37 Å². The van der Waals surface area contributed by atoms with Gasteiger partial charge in [0.2, 0.25) is 0 Å². The lowest BCUT2D eigenvalue weighted by Gasteiger charge is -2.03. The van der Waals surface area contributed by atoms with Gasteiger partial charge in [0, 0.05) is 5.69 Å². The second kappa shape index (κ2) is 5.93. The molecule has 0 bridgehead atoms. The van der Waals surface area contributed by atoms with Crippen LogP contribution < -0.4 is 5.32 Å². The first-order valence-corrected chi connectivity index (χ1v) is 7.97. The van der Waals surface area contributed by atoms with E-state index in [1.54, 1.807) is 17.4 Å². The molecule has 106 valence electrons. The van der Waals surface area contributed by atoms with Gasteiger partial charge in [-0.1, -0.05) is 17.7 Å². The number of carbonyl (C=O) groups is 1.